The van der Waals surface area contributed by atoms with E-state index >= 15 is 0 Å². The lowest BCUT2D eigenvalue weighted by Crippen LogP contribution is -2.60. The van der Waals surface area contributed by atoms with Gasteiger partial charge in [-0.15, -0.1) is 0 Å². The largest absolute Gasteiger partial charge is 0.462 e. The first-order valence-electron chi connectivity index (χ1n) is 9.20. The van der Waals surface area contributed by atoms with E-state index < -0.39 is 37.3 Å². The molecule has 1 saturated heterocycles. The molecule has 3 rings (SSSR count). The molecule has 150 valence electrons. The zero-order valence-corrected chi connectivity index (χ0v) is 15.6. The number of aliphatic hydroxyl groups is 4. The van der Waals surface area contributed by atoms with Crippen molar-refractivity contribution in [3.05, 3.63) is 30.0 Å². The maximum atomic E-state index is 10.1. The molecule has 0 radical (unpaired) electrons. The van der Waals surface area contributed by atoms with Gasteiger partial charge in [0.25, 0.3) is 0 Å². The molecule has 0 bridgehead atoms. The lowest BCUT2D eigenvalue weighted by atomic mass is 9.99. The molecular weight excluding hydrogens is 352 g/mol. The summed E-state index contributed by atoms with van der Waals surface area (Å²) in [4.78, 5) is 5.47. The summed E-state index contributed by atoms with van der Waals surface area (Å²) in [5, 5.41) is 40.2. The molecule has 0 saturated carbocycles. The molecule has 0 spiro atoms. The maximum absolute atomic E-state index is 10.1. The number of fused-ring (bicyclic) bond motifs is 1. The second-order valence-corrected chi connectivity index (χ2v) is 6.98. The van der Waals surface area contributed by atoms with Gasteiger partial charge in [0, 0.05) is 23.6 Å². The number of likely N-dealkylation sites (N-methyl/N-ethyl adjacent to an activating group) is 1. The van der Waals surface area contributed by atoms with E-state index in [1.165, 1.54) is 0 Å². The third-order valence-electron chi connectivity index (χ3n) is 5.14. The molecular formula is C19H28N2O6. The number of benzene rings is 1. The summed E-state index contributed by atoms with van der Waals surface area (Å²) in [6, 6.07) is 5.47. The van der Waals surface area contributed by atoms with Gasteiger partial charge >= 0.3 is 0 Å². The third kappa shape index (κ3) is 4.26. The van der Waals surface area contributed by atoms with Crippen molar-refractivity contribution in [3.8, 4) is 5.75 Å². The van der Waals surface area contributed by atoms with Crippen molar-refractivity contribution in [3.63, 3.8) is 0 Å². The molecule has 27 heavy (non-hydrogen) atoms. The van der Waals surface area contributed by atoms with Gasteiger partial charge in [0.05, 0.1) is 6.61 Å². The minimum Gasteiger partial charge on any atom is -0.462 e. The van der Waals surface area contributed by atoms with Crippen LogP contribution < -0.4 is 4.74 Å². The number of hydrogen-bond donors (Lipinski definition) is 5. The van der Waals surface area contributed by atoms with Gasteiger partial charge in [0.1, 0.15) is 30.2 Å². The van der Waals surface area contributed by atoms with Crippen LogP contribution in [0.25, 0.3) is 10.9 Å². The van der Waals surface area contributed by atoms with Crippen LogP contribution in [0.2, 0.25) is 0 Å². The molecule has 2 aromatic rings. The van der Waals surface area contributed by atoms with Gasteiger partial charge in [0.2, 0.25) is 6.29 Å². The summed E-state index contributed by atoms with van der Waals surface area (Å²) in [5.41, 5.74) is 2.13. The minimum absolute atomic E-state index is 0.469. The van der Waals surface area contributed by atoms with Gasteiger partial charge in [-0.1, -0.05) is 6.92 Å². The molecule has 0 aliphatic carbocycles. The summed E-state index contributed by atoms with van der Waals surface area (Å²) in [7, 11) is 2.07. The Labute approximate surface area is 157 Å². The number of ether oxygens (including phenoxy) is 2. The number of aromatic amines is 1. The fourth-order valence-electron chi connectivity index (χ4n) is 3.21. The number of hydrogen-bond acceptors (Lipinski definition) is 7. The molecule has 5 N–H and O–H groups in total. The van der Waals surface area contributed by atoms with Gasteiger partial charge in [-0.2, -0.15) is 0 Å². The first-order valence-corrected chi connectivity index (χ1v) is 9.20. The van der Waals surface area contributed by atoms with E-state index in [1.54, 1.807) is 6.07 Å². The summed E-state index contributed by atoms with van der Waals surface area (Å²) < 4.78 is 11.1. The Balaban J connectivity index is 1.76. The van der Waals surface area contributed by atoms with Crippen molar-refractivity contribution in [2.24, 2.45) is 0 Å². The van der Waals surface area contributed by atoms with Crippen LogP contribution in [0.5, 0.6) is 5.75 Å². The maximum Gasteiger partial charge on any atom is 0.229 e. The number of aromatic nitrogens is 1. The SMILES string of the molecule is CCN(C)CCc1c[nH]c2ccc(OC3OC(CO)C(O)C(O)C3O)cc12. The molecule has 0 amide bonds. The minimum atomic E-state index is -1.46. The quantitative estimate of drug-likeness (QED) is 0.453. The van der Waals surface area contributed by atoms with Crippen LogP contribution in [0.15, 0.2) is 24.4 Å². The van der Waals surface area contributed by atoms with E-state index in [1.807, 2.05) is 18.3 Å². The Morgan fingerprint density at radius 2 is 1.96 bits per heavy atom. The van der Waals surface area contributed by atoms with Crippen LogP contribution in [0.1, 0.15) is 12.5 Å². The lowest BCUT2D eigenvalue weighted by Gasteiger charge is -2.39. The molecule has 8 nitrogen and oxygen atoms in total. The number of rotatable bonds is 7. The first kappa shape index (κ1) is 20.1. The molecule has 1 fully saturated rings. The number of aliphatic hydroxyl groups excluding tert-OH is 4. The van der Waals surface area contributed by atoms with Crippen molar-refractivity contribution >= 4 is 10.9 Å². The van der Waals surface area contributed by atoms with E-state index in [4.69, 9.17) is 9.47 Å². The molecule has 2 heterocycles. The standard InChI is InChI=1S/C19H28N2O6/c1-3-21(2)7-6-11-9-20-14-5-4-12(8-13(11)14)26-19-18(25)17(24)16(23)15(10-22)27-19/h4-5,8-9,15-20,22-25H,3,6-7,10H2,1-2H3. The highest BCUT2D eigenvalue weighted by atomic mass is 16.7. The molecule has 1 aliphatic rings. The fourth-order valence-corrected chi connectivity index (χ4v) is 3.21. The summed E-state index contributed by atoms with van der Waals surface area (Å²) in [5.74, 6) is 0.469. The van der Waals surface area contributed by atoms with E-state index in [9.17, 15) is 20.4 Å². The van der Waals surface area contributed by atoms with Crippen molar-refractivity contribution in [1.29, 1.82) is 0 Å². The highest BCUT2D eigenvalue weighted by Gasteiger charge is 2.44. The normalized spacial score (nSPS) is 28.8. The van der Waals surface area contributed by atoms with Crippen LogP contribution in [-0.2, 0) is 11.2 Å². The average Bonchev–Trinajstić information content (AvgIpc) is 3.08. The Kier molecular flexibility index (Phi) is 6.36. The van der Waals surface area contributed by atoms with Crippen molar-refractivity contribution in [1.82, 2.24) is 9.88 Å². The molecule has 5 atom stereocenters. The number of nitrogens with one attached hydrogen (secondary N) is 1. The first-order chi connectivity index (χ1) is 12.9. The van der Waals surface area contributed by atoms with E-state index in [-0.39, 0.29) is 0 Å². The number of H-pyrrole nitrogens is 1. The summed E-state index contributed by atoms with van der Waals surface area (Å²) in [6.45, 7) is 3.54. The second kappa shape index (κ2) is 8.55. The predicted molar refractivity (Wildman–Crippen MR) is 99.6 cm³/mol. The Bertz CT molecular complexity index is 749. The lowest BCUT2D eigenvalue weighted by molar-refractivity contribution is -0.277. The van der Waals surface area contributed by atoms with Gasteiger partial charge < -0.3 is 39.8 Å². The predicted octanol–water partition coefficient (Wildman–Crippen LogP) is -0.159. The van der Waals surface area contributed by atoms with Crippen LogP contribution in [0.3, 0.4) is 0 Å². The van der Waals surface area contributed by atoms with Gasteiger partial charge in [-0.3, -0.25) is 0 Å². The molecule has 1 aromatic carbocycles. The van der Waals surface area contributed by atoms with Crippen LogP contribution in [-0.4, -0.2) is 87.8 Å². The van der Waals surface area contributed by atoms with Crippen molar-refractivity contribution in [2.45, 2.75) is 44.1 Å². The van der Waals surface area contributed by atoms with Crippen LogP contribution in [0, 0.1) is 0 Å². The fraction of sp³-hybridized carbons (Fsp3) is 0.579. The summed E-state index contributed by atoms with van der Waals surface area (Å²) >= 11 is 0. The third-order valence-corrected chi connectivity index (χ3v) is 5.14. The van der Waals surface area contributed by atoms with Crippen LogP contribution in [0.4, 0.5) is 0 Å². The highest BCUT2D eigenvalue weighted by molar-refractivity contribution is 5.84. The number of nitrogens with zero attached hydrogens (tertiary/aromatic N) is 1. The molecule has 5 unspecified atom stereocenters. The van der Waals surface area contributed by atoms with E-state index in [0.29, 0.717) is 5.75 Å². The van der Waals surface area contributed by atoms with E-state index in [2.05, 4.69) is 23.9 Å². The average molecular weight is 380 g/mol. The smallest absolute Gasteiger partial charge is 0.229 e. The Morgan fingerprint density at radius 3 is 2.67 bits per heavy atom. The van der Waals surface area contributed by atoms with Gasteiger partial charge in [0.15, 0.2) is 0 Å². The van der Waals surface area contributed by atoms with Crippen molar-refractivity contribution in [2.75, 3.05) is 26.7 Å². The van der Waals surface area contributed by atoms with Crippen LogP contribution >= 0.6 is 0 Å². The van der Waals surface area contributed by atoms with E-state index in [0.717, 1.165) is 36.0 Å². The molecule has 1 aromatic heterocycles. The summed E-state index contributed by atoms with van der Waals surface area (Å²) in [6.07, 6.45) is -3.62. The monoisotopic (exact) mass is 380 g/mol. The highest BCUT2D eigenvalue weighted by Crippen LogP contribution is 2.28. The zero-order chi connectivity index (χ0) is 19.6. The zero-order valence-electron chi connectivity index (χ0n) is 15.6. The topological polar surface area (TPSA) is 118 Å². The van der Waals surface area contributed by atoms with Crippen molar-refractivity contribution < 1.29 is 29.9 Å². The van der Waals surface area contributed by atoms with Gasteiger partial charge in [-0.25, -0.2) is 0 Å². The molecule has 8 heteroatoms. The second-order valence-electron chi connectivity index (χ2n) is 6.98. The van der Waals surface area contributed by atoms with Gasteiger partial charge in [-0.05, 0) is 43.8 Å². The molecule has 1 aliphatic heterocycles. The Hall–Kier alpha value is -1.68. The Morgan fingerprint density at radius 1 is 1.19 bits per heavy atom.